The van der Waals surface area contributed by atoms with Crippen LogP contribution in [0, 0.1) is 5.41 Å². The van der Waals surface area contributed by atoms with Gasteiger partial charge in [0.15, 0.2) is 5.69 Å². The second-order valence-electron chi connectivity index (χ2n) is 12.6. The summed E-state index contributed by atoms with van der Waals surface area (Å²) < 4.78 is 46.8. The summed E-state index contributed by atoms with van der Waals surface area (Å²) in [6, 6.07) is 1.28. The minimum Gasteiger partial charge on any atom is -0.444 e. The molecule has 6 heterocycles. The maximum absolute atomic E-state index is 13.8. The van der Waals surface area contributed by atoms with Crippen LogP contribution >= 0.6 is 0 Å². The van der Waals surface area contributed by atoms with Gasteiger partial charge in [-0.25, -0.2) is 4.79 Å². The van der Waals surface area contributed by atoms with E-state index in [1.807, 2.05) is 20.8 Å². The molecule has 38 heavy (non-hydrogen) atoms. The molecule has 5 fully saturated rings. The molecule has 1 N–H and O–H groups in total. The van der Waals surface area contributed by atoms with E-state index in [9.17, 15) is 18.0 Å². The number of likely N-dealkylation sites (tertiary alicyclic amines) is 1. The van der Waals surface area contributed by atoms with Gasteiger partial charge in [0.25, 0.3) is 16.1 Å². The van der Waals surface area contributed by atoms with Crippen LogP contribution < -0.4 is 5.32 Å². The van der Waals surface area contributed by atoms with Crippen LogP contribution in [0.5, 0.6) is 0 Å². The summed E-state index contributed by atoms with van der Waals surface area (Å²) in [5.74, 6) is 0.520. The number of piperidine rings is 1. The number of hydrogen-bond donors (Lipinski definition) is 1. The van der Waals surface area contributed by atoms with E-state index in [2.05, 4.69) is 10.5 Å². The zero-order chi connectivity index (χ0) is 26.9. The number of carbonyl (C=O) groups is 2. The van der Waals surface area contributed by atoms with Gasteiger partial charge in [-0.3, -0.25) is 4.79 Å². The zero-order valence-electron chi connectivity index (χ0n) is 22.2. The molecule has 0 saturated carbocycles. The standard InChI is InChI=1S/C25H37N5O7S/c1-24(2,3)36-23(32)28-13-25(14-28)6-7-29(15-25)38(33,34)30-18-4-5-19(30)9-17(8-18)26-22(31)20-10-21(37-27-20)16-11-35-12-16/h10,16-19H,4-9,11-15H2,1-3H3,(H,26,31)/t17?,18-,19+. The van der Waals surface area contributed by atoms with Crippen LogP contribution in [0.2, 0.25) is 0 Å². The average molecular weight is 552 g/mol. The molecule has 12 nitrogen and oxygen atoms in total. The van der Waals surface area contributed by atoms with Crippen LogP contribution in [0.4, 0.5) is 4.79 Å². The summed E-state index contributed by atoms with van der Waals surface area (Å²) in [6.45, 7) is 8.58. The van der Waals surface area contributed by atoms with Gasteiger partial charge in [-0.05, 0) is 52.9 Å². The molecule has 1 unspecified atom stereocenters. The smallest absolute Gasteiger partial charge is 0.410 e. The van der Waals surface area contributed by atoms with Crippen molar-refractivity contribution in [2.24, 2.45) is 5.41 Å². The summed E-state index contributed by atoms with van der Waals surface area (Å²) in [6.07, 6.45) is 3.13. The molecule has 0 aliphatic carbocycles. The van der Waals surface area contributed by atoms with Gasteiger partial charge < -0.3 is 24.2 Å². The molecule has 0 aromatic carbocycles. The predicted molar refractivity (Wildman–Crippen MR) is 135 cm³/mol. The number of nitrogens with one attached hydrogen (secondary N) is 1. The van der Waals surface area contributed by atoms with Gasteiger partial charge >= 0.3 is 6.09 Å². The highest BCUT2D eigenvalue weighted by Crippen LogP contribution is 2.44. The first kappa shape index (κ1) is 26.0. The largest absolute Gasteiger partial charge is 0.444 e. The molecule has 5 aliphatic heterocycles. The fraction of sp³-hybridized carbons (Fsp3) is 0.800. The topological polar surface area (TPSA) is 135 Å². The van der Waals surface area contributed by atoms with Crippen molar-refractivity contribution in [2.45, 2.75) is 82.5 Å². The zero-order valence-corrected chi connectivity index (χ0v) is 23.0. The van der Waals surface area contributed by atoms with Crippen molar-refractivity contribution in [1.29, 1.82) is 0 Å². The van der Waals surface area contributed by atoms with Crippen molar-refractivity contribution in [3.05, 3.63) is 17.5 Å². The minimum atomic E-state index is -3.64. The van der Waals surface area contributed by atoms with Gasteiger partial charge in [-0.2, -0.15) is 17.0 Å². The van der Waals surface area contributed by atoms with Crippen LogP contribution in [0.3, 0.4) is 0 Å². The lowest BCUT2D eigenvalue weighted by Crippen LogP contribution is -2.61. The molecule has 0 radical (unpaired) electrons. The second-order valence-corrected chi connectivity index (χ2v) is 14.5. The van der Waals surface area contributed by atoms with Crippen molar-refractivity contribution in [2.75, 3.05) is 39.4 Å². The Kier molecular flexibility index (Phi) is 6.28. The van der Waals surface area contributed by atoms with Crippen LogP contribution in [-0.2, 0) is 19.7 Å². The second kappa shape index (κ2) is 9.17. The molecule has 2 bridgehead atoms. The Hall–Kier alpha value is -2.22. The monoisotopic (exact) mass is 551 g/mol. The Morgan fingerprint density at radius 1 is 1.13 bits per heavy atom. The van der Waals surface area contributed by atoms with Crippen LogP contribution in [0.25, 0.3) is 0 Å². The molecule has 5 saturated heterocycles. The number of ether oxygens (including phenoxy) is 2. The van der Waals surface area contributed by atoms with Gasteiger partial charge in [0.05, 0.1) is 19.1 Å². The minimum absolute atomic E-state index is 0.113. The first-order chi connectivity index (χ1) is 17.9. The SMILES string of the molecule is CC(C)(C)OC(=O)N1CC2(CCN(S(=O)(=O)N3[C@@H]4CC[C@H]3CC(NC(=O)c3cc(C5COC5)on3)C4)C2)C1. The third kappa shape index (κ3) is 4.71. The van der Waals surface area contributed by atoms with Crippen LogP contribution in [-0.4, -0.2) is 102 Å². The predicted octanol–water partition coefficient (Wildman–Crippen LogP) is 1.70. The molecule has 1 spiro atoms. The molecule has 5 aliphatic rings. The molecule has 6 rings (SSSR count). The maximum Gasteiger partial charge on any atom is 0.410 e. The highest BCUT2D eigenvalue weighted by atomic mass is 32.2. The van der Waals surface area contributed by atoms with Crippen molar-refractivity contribution >= 4 is 22.2 Å². The summed E-state index contributed by atoms with van der Waals surface area (Å²) >= 11 is 0. The third-order valence-corrected chi connectivity index (χ3v) is 10.6. The molecule has 210 valence electrons. The van der Waals surface area contributed by atoms with Crippen molar-refractivity contribution in [3.63, 3.8) is 0 Å². The average Bonchev–Trinajstić information content (AvgIpc) is 3.47. The third-order valence-electron chi connectivity index (χ3n) is 8.50. The fourth-order valence-electron chi connectivity index (χ4n) is 6.58. The maximum atomic E-state index is 13.8. The molecule has 1 aromatic heterocycles. The van der Waals surface area contributed by atoms with E-state index in [1.165, 1.54) is 0 Å². The van der Waals surface area contributed by atoms with Gasteiger partial charge in [-0.1, -0.05) is 5.16 Å². The highest BCUT2D eigenvalue weighted by Gasteiger charge is 2.56. The first-order valence-electron chi connectivity index (χ1n) is 13.5. The number of fused-ring (bicyclic) bond motifs is 2. The van der Waals surface area contributed by atoms with E-state index >= 15 is 0 Å². The Labute approximate surface area is 223 Å². The van der Waals surface area contributed by atoms with Crippen LogP contribution in [0.15, 0.2) is 10.6 Å². The number of aromatic nitrogens is 1. The van der Waals surface area contributed by atoms with E-state index in [0.717, 1.165) is 19.3 Å². The van der Waals surface area contributed by atoms with Crippen molar-refractivity contribution in [3.8, 4) is 0 Å². The molecule has 3 atom stereocenters. The lowest BCUT2D eigenvalue weighted by molar-refractivity contribution is -0.0288. The number of carbonyl (C=O) groups excluding carboxylic acids is 2. The lowest BCUT2D eigenvalue weighted by atomic mass is 9.79. The summed E-state index contributed by atoms with van der Waals surface area (Å²) in [7, 11) is -3.64. The summed E-state index contributed by atoms with van der Waals surface area (Å²) in [5.41, 5.74) is -0.506. The van der Waals surface area contributed by atoms with Crippen molar-refractivity contribution in [1.82, 2.24) is 24.0 Å². The van der Waals surface area contributed by atoms with Crippen molar-refractivity contribution < 1.29 is 32.0 Å². The first-order valence-corrected chi connectivity index (χ1v) is 14.9. The summed E-state index contributed by atoms with van der Waals surface area (Å²) in [5, 5.41) is 6.97. The number of nitrogens with zero attached hydrogens (tertiary/aromatic N) is 4. The normalized spacial score (nSPS) is 29.8. The number of hydrogen-bond acceptors (Lipinski definition) is 8. The van der Waals surface area contributed by atoms with E-state index in [0.29, 0.717) is 58.0 Å². The summed E-state index contributed by atoms with van der Waals surface area (Å²) in [4.78, 5) is 26.8. The Morgan fingerprint density at radius 3 is 2.42 bits per heavy atom. The van der Waals surface area contributed by atoms with Gasteiger partial charge in [0.2, 0.25) is 0 Å². The van der Waals surface area contributed by atoms with Gasteiger partial charge in [0, 0.05) is 55.8 Å². The van der Waals surface area contributed by atoms with E-state index in [4.69, 9.17) is 14.0 Å². The molecule has 13 heteroatoms. The van der Waals surface area contributed by atoms with E-state index in [-0.39, 0.29) is 47.2 Å². The van der Waals surface area contributed by atoms with E-state index in [1.54, 1.807) is 19.6 Å². The lowest BCUT2D eigenvalue weighted by Gasteiger charge is -2.48. The molecular weight excluding hydrogens is 514 g/mol. The van der Waals surface area contributed by atoms with Crippen LogP contribution in [0.1, 0.15) is 75.0 Å². The quantitative estimate of drug-likeness (QED) is 0.584. The Bertz CT molecular complexity index is 1190. The number of rotatable bonds is 5. The highest BCUT2D eigenvalue weighted by molar-refractivity contribution is 7.86. The molecular formula is C25H37N5O7S. The molecule has 2 amide bonds. The molecule has 1 aromatic rings. The fourth-order valence-corrected chi connectivity index (χ4v) is 8.74. The Morgan fingerprint density at radius 2 is 1.82 bits per heavy atom. The van der Waals surface area contributed by atoms with E-state index < -0.39 is 15.8 Å². The van der Waals surface area contributed by atoms with Gasteiger partial charge in [-0.15, -0.1) is 0 Å². The Balaban J connectivity index is 1.04. The number of amides is 2. The van der Waals surface area contributed by atoms with Gasteiger partial charge in [0.1, 0.15) is 11.4 Å².